The Morgan fingerprint density at radius 1 is 0.750 bits per heavy atom. The summed E-state index contributed by atoms with van der Waals surface area (Å²) >= 11 is 0. The van der Waals surface area contributed by atoms with Crippen LogP contribution in [0.5, 0.6) is 0 Å². The molecule has 4 heteroatoms. The van der Waals surface area contributed by atoms with E-state index in [0.29, 0.717) is 6.54 Å². The van der Waals surface area contributed by atoms with E-state index < -0.39 is 0 Å². The number of nitrogens with zero attached hydrogens (tertiary/aromatic N) is 1. The fraction of sp³-hybridized carbons (Fsp3) is 0.167. The molecule has 0 unspecified atom stereocenters. The van der Waals surface area contributed by atoms with E-state index >= 15 is 0 Å². The molecule has 0 amide bonds. The normalized spacial score (nSPS) is 9.71. The lowest BCUT2D eigenvalue weighted by atomic mass is 10.2. The summed E-state index contributed by atoms with van der Waals surface area (Å²) in [6, 6.07) is 23.4. The SMILES string of the molecule is Cc1ccc(/C=N/O)cc1.Cc1ccc(C=O)cc1.Cc1ccc(CN)cc1. The smallest absolute Gasteiger partial charge is 0.150 e. The molecule has 0 aliphatic carbocycles. The van der Waals surface area contributed by atoms with Crippen molar-refractivity contribution in [1.29, 1.82) is 0 Å². The third-order valence-electron chi connectivity index (χ3n) is 3.85. The molecule has 28 heavy (non-hydrogen) atoms. The molecule has 0 radical (unpaired) electrons. The maximum atomic E-state index is 10.1. The van der Waals surface area contributed by atoms with Crippen LogP contribution in [0.1, 0.15) is 38.2 Å². The highest BCUT2D eigenvalue weighted by molar-refractivity contribution is 5.78. The molecule has 146 valence electrons. The zero-order valence-electron chi connectivity index (χ0n) is 16.7. The van der Waals surface area contributed by atoms with Crippen LogP contribution in [0.25, 0.3) is 0 Å². The van der Waals surface area contributed by atoms with Crippen molar-refractivity contribution in [2.75, 3.05) is 0 Å². The number of nitrogens with two attached hydrogens (primary N) is 1. The lowest BCUT2D eigenvalue weighted by Gasteiger charge is -1.94. The predicted octanol–water partition coefficient (Wildman–Crippen LogP) is 5.06. The van der Waals surface area contributed by atoms with E-state index in [1.165, 1.54) is 28.5 Å². The van der Waals surface area contributed by atoms with Gasteiger partial charge in [-0.15, -0.1) is 0 Å². The molecule has 0 saturated heterocycles. The minimum absolute atomic E-state index is 0.639. The molecule has 3 rings (SSSR count). The van der Waals surface area contributed by atoms with Gasteiger partial charge in [-0.2, -0.15) is 0 Å². The average molecular weight is 377 g/mol. The molecule has 0 aliphatic rings. The molecule has 3 aromatic rings. The molecule has 0 spiro atoms. The number of hydrogen-bond acceptors (Lipinski definition) is 4. The molecule has 0 atom stereocenters. The topological polar surface area (TPSA) is 75.7 Å². The van der Waals surface area contributed by atoms with E-state index in [1.807, 2.05) is 62.4 Å². The first-order chi connectivity index (χ1) is 13.5. The van der Waals surface area contributed by atoms with E-state index in [9.17, 15) is 4.79 Å². The lowest BCUT2D eigenvalue weighted by molar-refractivity contribution is 0.112. The number of aryl methyl sites for hydroxylation is 3. The van der Waals surface area contributed by atoms with Crippen LogP contribution < -0.4 is 5.73 Å². The second-order valence-corrected chi connectivity index (χ2v) is 6.37. The van der Waals surface area contributed by atoms with Gasteiger partial charge in [0.15, 0.2) is 0 Å². The van der Waals surface area contributed by atoms with Gasteiger partial charge < -0.3 is 10.9 Å². The minimum atomic E-state index is 0.639. The Balaban J connectivity index is 0.000000210. The third-order valence-corrected chi connectivity index (χ3v) is 3.85. The predicted molar refractivity (Wildman–Crippen MR) is 116 cm³/mol. The zero-order chi connectivity index (χ0) is 20.8. The van der Waals surface area contributed by atoms with Crippen molar-refractivity contribution in [3.8, 4) is 0 Å². The Kier molecular flexibility index (Phi) is 10.6. The highest BCUT2D eigenvalue weighted by Crippen LogP contribution is 2.01. The molecule has 3 N–H and O–H groups in total. The third kappa shape index (κ3) is 9.46. The van der Waals surface area contributed by atoms with Crippen LogP contribution in [-0.2, 0) is 6.54 Å². The molecule has 0 saturated carbocycles. The van der Waals surface area contributed by atoms with Crippen molar-refractivity contribution in [2.45, 2.75) is 27.3 Å². The van der Waals surface area contributed by atoms with Gasteiger partial charge in [-0.1, -0.05) is 94.6 Å². The highest BCUT2D eigenvalue weighted by Gasteiger charge is 1.86. The number of carbonyl (C=O) groups is 1. The van der Waals surface area contributed by atoms with E-state index in [-0.39, 0.29) is 0 Å². The first-order valence-electron chi connectivity index (χ1n) is 9.00. The highest BCUT2D eigenvalue weighted by atomic mass is 16.4. The maximum absolute atomic E-state index is 10.1. The van der Waals surface area contributed by atoms with Crippen molar-refractivity contribution in [1.82, 2.24) is 0 Å². The Morgan fingerprint density at radius 3 is 1.50 bits per heavy atom. The summed E-state index contributed by atoms with van der Waals surface area (Å²) in [5.74, 6) is 0. The summed E-state index contributed by atoms with van der Waals surface area (Å²) in [7, 11) is 0. The van der Waals surface area contributed by atoms with Gasteiger partial charge in [0.25, 0.3) is 0 Å². The van der Waals surface area contributed by atoms with Gasteiger partial charge in [-0.05, 0) is 31.9 Å². The molecule has 0 aromatic heterocycles. The quantitative estimate of drug-likeness (QED) is 0.290. The summed E-state index contributed by atoms with van der Waals surface area (Å²) in [4.78, 5) is 10.1. The van der Waals surface area contributed by atoms with E-state index in [1.54, 1.807) is 0 Å². The van der Waals surface area contributed by atoms with Crippen molar-refractivity contribution in [2.24, 2.45) is 10.9 Å². The summed E-state index contributed by atoms with van der Waals surface area (Å²) in [5.41, 5.74) is 11.9. The van der Waals surface area contributed by atoms with Crippen LogP contribution in [0.15, 0.2) is 78.0 Å². The van der Waals surface area contributed by atoms with Crippen molar-refractivity contribution in [3.05, 3.63) is 106 Å². The lowest BCUT2D eigenvalue weighted by Crippen LogP contribution is -1.94. The first-order valence-corrected chi connectivity index (χ1v) is 9.00. The molecule has 0 fully saturated rings. The second-order valence-electron chi connectivity index (χ2n) is 6.37. The number of oxime groups is 1. The molecular weight excluding hydrogens is 348 g/mol. The van der Waals surface area contributed by atoms with Crippen LogP contribution in [0.2, 0.25) is 0 Å². The molecule has 0 heterocycles. The van der Waals surface area contributed by atoms with Crippen LogP contribution >= 0.6 is 0 Å². The molecule has 0 bridgehead atoms. The number of carbonyl (C=O) groups excluding carboxylic acids is 1. The van der Waals surface area contributed by atoms with Crippen LogP contribution in [0.3, 0.4) is 0 Å². The molecular formula is C24H28N2O2. The second kappa shape index (κ2) is 13.0. The molecule has 3 aromatic carbocycles. The van der Waals surface area contributed by atoms with Gasteiger partial charge in [0, 0.05) is 12.1 Å². The Labute approximate surface area is 167 Å². The fourth-order valence-corrected chi connectivity index (χ4v) is 2.09. The number of benzene rings is 3. The van der Waals surface area contributed by atoms with Crippen molar-refractivity contribution >= 4 is 12.5 Å². The van der Waals surface area contributed by atoms with E-state index in [2.05, 4.69) is 36.3 Å². The van der Waals surface area contributed by atoms with Gasteiger partial charge in [-0.3, -0.25) is 4.79 Å². The summed E-state index contributed by atoms with van der Waals surface area (Å²) in [5, 5.41) is 11.1. The zero-order valence-corrected chi connectivity index (χ0v) is 16.7. The number of hydrogen-bond donors (Lipinski definition) is 2. The fourth-order valence-electron chi connectivity index (χ4n) is 2.09. The Morgan fingerprint density at radius 2 is 1.14 bits per heavy atom. The van der Waals surface area contributed by atoms with Gasteiger partial charge >= 0.3 is 0 Å². The van der Waals surface area contributed by atoms with Crippen LogP contribution in [-0.4, -0.2) is 17.7 Å². The van der Waals surface area contributed by atoms with Gasteiger partial charge in [0.1, 0.15) is 6.29 Å². The van der Waals surface area contributed by atoms with E-state index in [0.717, 1.165) is 17.4 Å². The summed E-state index contributed by atoms with van der Waals surface area (Å²) < 4.78 is 0. The van der Waals surface area contributed by atoms with E-state index in [4.69, 9.17) is 10.9 Å². The maximum Gasteiger partial charge on any atom is 0.150 e. The minimum Gasteiger partial charge on any atom is -0.411 e. The average Bonchev–Trinajstić information content (AvgIpc) is 2.72. The van der Waals surface area contributed by atoms with Crippen molar-refractivity contribution < 1.29 is 10.0 Å². The number of rotatable bonds is 3. The van der Waals surface area contributed by atoms with Gasteiger partial charge in [0.2, 0.25) is 0 Å². The molecule has 4 nitrogen and oxygen atoms in total. The van der Waals surface area contributed by atoms with Crippen molar-refractivity contribution in [3.63, 3.8) is 0 Å². The summed E-state index contributed by atoms with van der Waals surface area (Å²) in [6.07, 6.45) is 2.25. The standard InChI is InChI=1S/C8H9NO.C8H11N.C8H8O/c1-7-2-4-8(5-3-7)6-9-10;2*1-7-2-4-8(6-9)5-3-7/h2-6,10H,1H3;2-5H,6,9H2,1H3;2-6H,1H3/b9-6+;;. The van der Waals surface area contributed by atoms with Gasteiger partial charge in [-0.25, -0.2) is 0 Å². The Hall–Kier alpha value is -3.24. The number of aldehydes is 1. The van der Waals surface area contributed by atoms with Gasteiger partial charge in [0.05, 0.1) is 6.21 Å². The summed E-state index contributed by atoms with van der Waals surface area (Å²) in [6.45, 7) is 6.72. The van der Waals surface area contributed by atoms with Crippen LogP contribution in [0, 0.1) is 20.8 Å². The Bertz CT molecular complexity index is 837. The largest absolute Gasteiger partial charge is 0.411 e. The monoisotopic (exact) mass is 376 g/mol. The molecule has 0 aliphatic heterocycles. The van der Waals surface area contributed by atoms with Crippen LogP contribution in [0.4, 0.5) is 0 Å². The first kappa shape index (κ1) is 22.8.